The number of hydrogen-bond acceptors (Lipinski definition) is 2. The lowest BCUT2D eigenvalue weighted by molar-refractivity contribution is 0.342. The Morgan fingerprint density at radius 1 is 1.32 bits per heavy atom. The van der Waals surface area contributed by atoms with Gasteiger partial charge < -0.3 is 11.1 Å². The molecule has 108 valence electrons. The molecule has 0 bridgehead atoms. The smallest absolute Gasteiger partial charge is 0.143 e. The molecule has 0 heterocycles. The number of hydrogen-bond donors (Lipinski definition) is 2. The molecule has 0 atom stereocenters. The van der Waals surface area contributed by atoms with Gasteiger partial charge in [0.25, 0.3) is 0 Å². The second-order valence-electron chi connectivity index (χ2n) is 5.83. The largest absolute Gasteiger partial charge is 0.397 e. The third-order valence-electron chi connectivity index (χ3n) is 3.31. The predicted octanol–water partition coefficient (Wildman–Crippen LogP) is 5.08. The fourth-order valence-electron chi connectivity index (χ4n) is 1.99. The number of nitrogens with two attached hydrogens (primary N) is 1. The van der Waals surface area contributed by atoms with Crippen molar-refractivity contribution in [1.29, 1.82) is 0 Å². The molecular weight excluding hydrogens is 263 g/mol. The van der Waals surface area contributed by atoms with Crippen LogP contribution < -0.4 is 11.1 Å². The first kappa shape index (κ1) is 16.1. The van der Waals surface area contributed by atoms with Crippen molar-refractivity contribution in [3.63, 3.8) is 0 Å². The van der Waals surface area contributed by atoms with Crippen LogP contribution in [-0.4, -0.2) is 6.54 Å². The molecule has 19 heavy (non-hydrogen) atoms. The van der Waals surface area contributed by atoms with Gasteiger partial charge in [0, 0.05) is 12.6 Å². The Hall–Kier alpha value is -0.960. The van der Waals surface area contributed by atoms with Crippen molar-refractivity contribution in [2.75, 3.05) is 17.6 Å². The third kappa shape index (κ3) is 5.27. The van der Waals surface area contributed by atoms with E-state index in [1.165, 1.54) is 31.4 Å². The van der Waals surface area contributed by atoms with Gasteiger partial charge in [0.05, 0.1) is 16.4 Å². The van der Waals surface area contributed by atoms with Crippen molar-refractivity contribution in [2.45, 2.75) is 46.5 Å². The second-order valence-corrected chi connectivity index (χ2v) is 6.24. The number of benzene rings is 1. The molecule has 3 N–H and O–H groups in total. The zero-order valence-corrected chi connectivity index (χ0v) is 12.8. The quantitative estimate of drug-likeness (QED) is 0.542. The van der Waals surface area contributed by atoms with Gasteiger partial charge in [-0.2, -0.15) is 0 Å². The summed E-state index contributed by atoms with van der Waals surface area (Å²) < 4.78 is 13.4. The number of nitrogens with one attached hydrogen (secondary N) is 1. The van der Waals surface area contributed by atoms with Crippen molar-refractivity contribution in [3.05, 3.63) is 23.0 Å². The maximum absolute atomic E-state index is 13.4. The number of halogens is 2. The fraction of sp³-hybridized carbons (Fsp3) is 0.600. The summed E-state index contributed by atoms with van der Waals surface area (Å²) in [5.74, 6) is -0.442. The van der Waals surface area contributed by atoms with E-state index in [9.17, 15) is 4.39 Å². The van der Waals surface area contributed by atoms with Gasteiger partial charge in [-0.05, 0) is 17.9 Å². The lowest BCUT2D eigenvalue weighted by Gasteiger charge is -2.26. The van der Waals surface area contributed by atoms with Gasteiger partial charge in [0.2, 0.25) is 0 Å². The van der Waals surface area contributed by atoms with E-state index < -0.39 is 5.82 Å². The maximum atomic E-state index is 13.4. The van der Waals surface area contributed by atoms with Gasteiger partial charge in [-0.15, -0.1) is 0 Å². The summed E-state index contributed by atoms with van der Waals surface area (Å²) in [6.45, 7) is 7.38. The predicted molar refractivity (Wildman–Crippen MR) is 82.2 cm³/mol. The summed E-state index contributed by atoms with van der Waals surface area (Å²) in [5, 5.41) is 3.28. The Kier molecular flexibility index (Phi) is 5.92. The highest BCUT2D eigenvalue weighted by atomic mass is 35.5. The van der Waals surface area contributed by atoms with E-state index in [0.717, 1.165) is 13.0 Å². The molecule has 4 heteroatoms. The van der Waals surface area contributed by atoms with Crippen LogP contribution >= 0.6 is 11.6 Å². The van der Waals surface area contributed by atoms with E-state index >= 15 is 0 Å². The number of nitrogen functional groups attached to an aromatic ring is 1. The molecule has 1 rings (SSSR count). The lowest BCUT2D eigenvalue weighted by atomic mass is 9.87. The standard InChI is InChI=1S/C15H24ClFN2/c1-4-5-6-7-15(2,3)10-19-14-9-12(17)11(16)8-13(14)18/h8-9,19H,4-7,10,18H2,1-3H3. The first-order valence-electron chi connectivity index (χ1n) is 6.84. The minimum absolute atomic E-state index is 0.0604. The SMILES string of the molecule is CCCCCC(C)(C)CNc1cc(F)c(Cl)cc1N. The second kappa shape index (κ2) is 6.99. The third-order valence-corrected chi connectivity index (χ3v) is 3.60. The van der Waals surface area contributed by atoms with Crippen LogP contribution in [0, 0.1) is 11.2 Å². The van der Waals surface area contributed by atoms with Crippen LogP contribution in [-0.2, 0) is 0 Å². The first-order chi connectivity index (χ1) is 8.85. The van der Waals surface area contributed by atoms with E-state index in [1.54, 1.807) is 0 Å². The molecule has 0 saturated carbocycles. The van der Waals surface area contributed by atoms with Gasteiger partial charge in [0.15, 0.2) is 0 Å². The molecule has 0 fully saturated rings. The Labute approximate surface area is 120 Å². The molecular formula is C15H24ClFN2. The molecule has 0 aliphatic carbocycles. The molecule has 0 saturated heterocycles. The Morgan fingerprint density at radius 3 is 2.63 bits per heavy atom. The zero-order chi connectivity index (χ0) is 14.5. The molecule has 0 spiro atoms. The highest BCUT2D eigenvalue weighted by Gasteiger charge is 2.17. The molecule has 0 unspecified atom stereocenters. The van der Waals surface area contributed by atoms with Crippen molar-refractivity contribution >= 4 is 23.0 Å². The van der Waals surface area contributed by atoms with E-state index in [0.29, 0.717) is 11.4 Å². The van der Waals surface area contributed by atoms with Crippen LogP contribution in [0.3, 0.4) is 0 Å². The lowest BCUT2D eigenvalue weighted by Crippen LogP contribution is -2.23. The fourth-order valence-corrected chi connectivity index (χ4v) is 2.16. The topological polar surface area (TPSA) is 38.0 Å². The van der Waals surface area contributed by atoms with E-state index in [2.05, 4.69) is 26.1 Å². The number of rotatable bonds is 7. The van der Waals surface area contributed by atoms with Crippen molar-refractivity contribution in [3.8, 4) is 0 Å². The summed E-state index contributed by atoms with van der Waals surface area (Å²) in [6.07, 6.45) is 4.83. The summed E-state index contributed by atoms with van der Waals surface area (Å²) in [5.41, 5.74) is 7.09. The summed E-state index contributed by atoms with van der Waals surface area (Å²) >= 11 is 5.68. The van der Waals surface area contributed by atoms with Gasteiger partial charge in [-0.3, -0.25) is 0 Å². The molecule has 0 radical (unpaired) electrons. The summed E-state index contributed by atoms with van der Waals surface area (Å²) in [6, 6.07) is 2.81. The molecule has 0 aromatic heterocycles. The van der Waals surface area contributed by atoms with Gasteiger partial charge in [-0.1, -0.05) is 51.6 Å². The van der Waals surface area contributed by atoms with Crippen molar-refractivity contribution in [1.82, 2.24) is 0 Å². The van der Waals surface area contributed by atoms with Crippen LogP contribution in [0.15, 0.2) is 12.1 Å². The summed E-state index contributed by atoms with van der Waals surface area (Å²) in [7, 11) is 0. The van der Waals surface area contributed by atoms with Crippen molar-refractivity contribution in [2.24, 2.45) is 5.41 Å². The van der Waals surface area contributed by atoms with E-state index in [1.807, 2.05) is 0 Å². The molecule has 1 aromatic rings. The number of anilines is 2. The highest BCUT2D eigenvalue weighted by Crippen LogP contribution is 2.29. The monoisotopic (exact) mass is 286 g/mol. The van der Waals surface area contributed by atoms with Crippen LogP contribution in [0.25, 0.3) is 0 Å². The normalized spacial score (nSPS) is 11.6. The van der Waals surface area contributed by atoms with Crippen molar-refractivity contribution < 1.29 is 4.39 Å². The molecule has 0 amide bonds. The Morgan fingerprint density at radius 2 is 2.00 bits per heavy atom. The van der Waals surface area contributed by atoms with Gasteiger partial charge >= 0.3 is 0 Å². The summed E-state index contributed by atoms with van der Waals surface area (Å²) in [4.78, 5) is 0. The van der Waals surface area contributed by atoms with Gasteiger partial charge in [-0.25, -0.2) is 4.39 Å². The average Bonchev–Trinajstić information content (AvgIpc) is 2.32. The van der Waals surface area contributed by atoms with E-state index in [-0.39, 0.29) is 10.4 Å². The minimum Gasteiger partial charge on any atom is -0.397 e. The molecule has 2 nitrogen and oxygen atoms in total. The zero-order valence-electron chi connectivity index (χ0n) is 12.0. The first-order valence-corrected chi connectivity index (χ1v) is 7.22. The molecule has 0 aliphatic rings. The number of unbranched alkanes of at least 4 members (excludes halogenated alkanes) is 2. The highest BCUT2D eigenvalue weighted by molar-refractivity contribution is 6.31. The Bertz CT molecular complexity index is 419. The van der Waals surface area contributed by atoms with Crippen LogP contribution in [0.1, 0.15) is 46.5 Å². The van der Waals surface area contributed by atoms with Crippen LogP contribution in [0.4, 0.5) is 15.8 Å². The van der Waals surface area contributed by atoms with Crippen LogP contribution in [0.2, 0.25) is 5.02 Å². The molecule has 0 aliphatic heterocycles. The Balaban J connectivity index is 2.58. The van der Waals surface area contributed by atoms with E-state index in [4.69, 9.17) is 17.3 Å². The maximum Gasteiger partial charge on any atom is 0.143 e. The molecule has 1 aromatic carbocycles. The average molecular weight is 287 g/mol. The minimum atomic E-state index is -0.442. The van der Waals surface area contributed by atoms with Gasteiger partial charge in [0.1, 0.15) is 5.82 Å². The van der Waals surface area contributed by atoms with Crippen LogP contribution in [0.5, 0.6) is 0 Å².